The molecule has 0 spiro atoms. The summed E-state index contributed by atoms with van der Waals surface area (Å²) in [4.78, 5) is 10.7. The Hall–Kier alpha value is -1.75. The lowest BCUT2D eigenvalue weighted by molar-refractivity contribution is 0.0696. The first-order valence-corrected chi connectivity index (χ1v) is 4.02. The topological polar surface area (TPSA) is 37.3 Å². The van der Waals surface area contributed by atoms with Crippen LogP contribution < -0.4 is 0 Å². The van der Waals surface area contributed by atoms with E-state index in [1.165, 1.54) is 0 Å². The number of carboxylic acids is 1. The highest BCUT2D eigenvalue weighted by atomic mass is 16.4. The van der Waals surface area contributed by atoms with Gasteiger partial charge in [0, 0.05) is 5.56 Å². The minimum atomic E-state index is -0.902. The average Bonchev–Trinajstić information content (AvgIpc) is 2.16. The Bertz CT molecular complexity index is 372. The van der Waals surface area contributed by atoms with E-state index in [9.17, 15) is 4.79 Å². The predicted octanol–water partition coefficient (Wildman–Crippen LogP) is 1.93. The van der Waals surface area contributed by atoms with Crippen LogP contribution in [0.4, 0.5) is 0 Å². The number of rotatable bonds is 2. The summed E-state index contributed by atoms with van der Waals surface area (Å²) in [5, 5.41) is 8.81. The highest BCUT2D eigenvalue weighted by Gasteiger charge is 2.07. The van der Waals surface area contributed by atoms with Crippen molar-refractivity contribution in [3.8, 4) is 12.3 Å². The molecule has 0 saturated carbocycles. The number of carboxylic acid groups (broad SMARTS) is 1. The minimum absolute atomic E-state index is 0.335. The van der Waals surface area contributed by atoms with Gasteiger partial charge in [-0.25, -0.2) is 4.79 Å². The van der Waals surface area contributed by atoms with Gasteiger partial charge in [-0.15, -0.1) is 6.42 Å². The van der Waals surface area contributed by atoms with Crippen LogP contribution >= 0.6 is 0 Å². The molecule has 0 aliphatic rings. The molecule has 0 fully saturated rings. The lowest BCUT2D eigenvalue weighted by Crippen LogP contribution is -2.01. The average molecular weight is 174 g/mol. The fourth-order valence-corrected chi connectivity index (χ4v) is 1.18. The number of aryl methyl sites for hydroxylation is 1. The maximum Gasteiger partial charge on any atom is 0.335 e. The zero-order valence-electron chi connectivity index (χ0n) is 7.37. The van der Waals surface area contributed by atoms with Crippen molar-refractivity contribution < 1.29 is 9.90 Å². The Morgan fingerprint density at radius 3 is 2.77 bits per heavy atom. The second kappa shape index (κ2) is 3.77. The molecule has 0 atom stereocenters. The van der Waals surface area contributed by atoms with Gasteiger partial charge in [0.1, 0.15) is 0 Å². The lowest BCUT2D eigenvalue weighted by Gasteiger charge is -2.03. The van der Waals surface area contributed by atoms with Crippen molar-refractivity contribution >= 4 is 5.97 Å². The van der Waals surface area contributed by atoms with Crippen LogP contribution in [-0.4, -0.2) is 11.1 Å². The standard InChI is InChI=1S/C11H10O2/c1-3-8-5-6-10(11(12)13)9(4-2)7-8/h1,5-7H,4H2,2H3,(H,12,13). The normalized spacial score (nSPS) is 9.23. The third-order valence-electron chi connectivity index (χ3n) is 1.88. The van der Waals surface area contributed by atoms with Crippen molar-refractivity contribution in [1.82, 2.24) is 0 Å². The molecule has 0 aliphatic carbocycles. The molecule has 1 aromatic rings. The van der Waals surface area contributed by atoms with E-state index < -0.39 is 5.97 Å². The fourth-order valence-electron chi connectivity index (χ4n) is 1.18. The van der Waals surface area contributed by atoms with Crippen molar-refractivity contribution in [3.63, 3.8) is 0 Å². The van der Waals surface area contributed by atoms with Crippen molar-refractivity contribution in [3.05, 3.63) is 34.9 Å². The number of hydrogen-bond acceptors (Lipinski definition) is 1. The summed E-state index contributed by atoms with van der Waals surface area (Å²) in [6, 6.07) is 4.93. The molecule has 2 nitrogen and oxygen atoms in total. The van der Waals surface area contributed by atoms with E-state index in [2.05, 4.69) is 5.92 Å². The Labute approximate surface area is 77.2 Å². The van der Waals surface area contributed by atoms with E-state index in [0.29, 0.717) is 12.0 Å². The van der Waals surface area contributed by atoms with Crippen LogP contribution in [0.2, 0.25) is 0 Å². The van der Waals surface area contributed by atoms with Crippen LogP contribution in [0.25, 0.3) is 0 Å². The van der Waals surface area contributed by atoms with Gasteiger partial charge in [-0.2, -0.15) is 0 Å². The van der Waals surface area contributed by atoms with Gasteiger partial charge in [0.25, 0.3) is 0 Å². The third kappa shape index (κ3) is 1.88. The SMILES string of the molecule is C#Cc1ccc(C(=O)O)c(CC)c1. The second-order valence-electron chi connectivity index (χ2n) is 2.67. The molecule has 0 heterocycles. The van der Waals surface area contributed by atoms with Crippen LogP contribution in [-0.2, 0) is 6.42 Å². The zero-order chi connectivity index (χ0) is 9.84. The number of terminal acetylenes is 1. The molecule has 0 bridgehead atoms. The fraction of sp³-hybridized carbons (Fsp3) is 0.182. The molecule has 0 aliphatic heterocycles. The molecule has 0 aromatic heterocycles. The largest absolute Gasteiger partial charge is 0.478 e. The smallest absolute Gasteiger partial charge is 0.335 e. The van der Waals surface area contributed by atoms with Crippen LogP contribution in [0.5, 0.6) is 0 Å². The Kier molecular flexibility index (Phi) is 2.71. The molecular weight excluding hydrogens is 164 g/mol. The molecule has 0 unspecified atom stereocenters. The Morgan fingerprint density at radius 1 is 1.62 bits per heavy atom. The summed E-state index contributed by atoms with van der Waals surface area (Å²) in [5.41, 5.74) is 1.84. The third-order valence-corrected chi connectivity index (χ3v) is 1.88. The molecule has 1 rings (SSSR count). The van der Waals surface area contributed by atoms with Gasteiger partial charge in [0.15, 0.2) is 0 Å². The van der Waals surface area contributed by atoms with Crippen molar-refractivity contribution in [2.45, 2.75) is 13.3 Å². The predicted molar refractivity (Wildman–Crippen MR) is 50.7 cm³/mol. The molecule has 13 heavy (non-hydrogen) atoms. The second-order valence-corrected chi connectivity index (χ2v) is 2.67. The van der Waals surface area contributed by atoms with Crippen LogP contribution in [0.3, 0.4) is 0 Å². The van der Waals surface area contributed by atoms with Gasteiger partial charge in [-0.1, -0.05) is 12.8 Å². The first-order chi connectivity index (χ1) is 6.19. The van der Waals surface area contributed by atoms with Gasteiger partial charge >= 0.3 is 5.97 Å². The van der Waals surface area contributed by atoms with E-state index in [4.69, 9.17) is 11.5 Å². The van der Waals surface area contributed by atoms with Gasteiger partial charge < -0.3 is 5.11 Å². The maximum atomic E-state index is 10.7. The van der Waals surface area contributed by atoms with E-state index in [0.717, 1.165) is 11.1 Å². The molecule has 0 radical (unpaired) electrons. The summed E-state index contributed by atoms with van der Waals surface area (Å²) in [6.45, 7) is 1.90. The lowest BCUT2D eigenvalue weighted by atomic mass is 10.0. The zero-order valence-corrected chi connectivity index (χ0v) is 7.37. The van der Waals surface area contributed by atoms with Gasteiger partial charge in [-0.05, 0) is 30.2 Å². The molecule has 2 heteroatoms. The van der Waals surface area contributed by atoms with Crippen molar-refractivity contribution in [1.29, 1.82) is 0 Å². The summed E-state index contributed by atoms with van der Waals surface area (Å²) in [6.07, 6.45) is 5.88. The summed E-state index contributed by atoms with van der Waals surface area (Å²) in [7, 11) is 0. The first kappa shape index (κ1) is 9.34. The highest BCUT2D eigenvalue weighted by molar-refractivity contribution is 5.89. The molecule has 1 aromatic carbocycles. The summed E-state index contributed by atoms with van der Waals surface area (Å²) < 4.78 is 0. The number of aromatic carboxylic acids is 1. The molecule has 66 valence electrons. The quantitative estimate of drug-likeness (QED) is 0.695. The summed E-state index contributed by atoms with van der Waals surface area (Å²) >= 11 is 0. The monoisotopic (exact) mass is 174 g/mol. The minimum Gasteiger partial charge on any atom is -0.478 e. The van der Waals surface area contributed by atoms with Gasteiger partial charge in [0.05, 0.1) is 5.56 Å². The summed E-state index contributed by atoms with van der Waals surface area (Å²) in [5.74, 6) is 1.57. The number of benzene rings is 1. The van der Waals surface area contributed by atoms with Crippen LogP contribution in [0.15, 0.2) is 18.2 Å². The van der Waals surface area contributed by atoms with E-state index >= 15 is 0 Å². The van der Waals surface area contributed by atoms with E-state index in [1.807, 2.05) is 6.92 Å². The molecule has 1 N–H and O–H groups in total. The Balaban J connectivity index is 3.25. The van der Waals surface area contributed by atoms with E-state index in [-0.39, 0.29) is 0 Å². The number of carbonyl (C=O) groups is 1. The highest BCUT2D eigenvalue weighted by Crippen LogP contribution is 2.12. The Morgan fingerprint density at radius 2 is 2.31 bits per heavy atom. The molecule has 0 amide bonds. The van der Waals surface area contributed by atoms with E-state index in [1.54, 1.807) is 18.2 Å². The van der Waals surface area contributed by atoms with Crippen molar-refractivity contribution in [2.75, 3.05) is 0 Å². The van der Waals surface area contributed by atoms with Crippen LogP contribution in [0.1, 0.15) is 28.4 Å². The maximum absolute atomic E-state index is 10.7. The molecular formula is C11H10O2. The molecule has 0 saturated heterocycles. The first-order valence-electron chi connectivity index (χ1n) is 4.02. The van der Waals surface area contributed by atoms with Crippen molar-refractivity contribution in [2.24, 2.45) is 0 Å². The van der Waals surface area contributed by atoms with Gasteiger partial charge in [-0.3, -0.25) is 0 Å². The van der Waals surface area contributed by atoms with Crippen LogP contribution in [0, 0.1) is 12.3 Å². The number of hydrogen-bond donors (Lipinski definition) is 1. The van der Waals surface area contributed by atoms with Gasteiger partial charge in [0.2, 0.25) is 0 Å².